The highest BCUT2D eigenvalue weighted by molar-refractivity contribution is 6.19. The second-order valence-electron chi connectivity index (χ2n) is 3.54. The standard InChI is InChI=1S/C11H16N2O3/c1-3-13(4-5-16-12)9-7-10(14)8(2)6-11(9)15/h6-7H,3-5,12H2,1-2H3. The molecule has 2 N–H and O–H groups in total. The molecule has 0 atom stereocenters. The third kappa shape index (κ3) is 2.77. The van der Waals surface area contributed by atoms with E-state index >= 15 is 0 Å². The average molecular weight is 224 g/mol. The fraction of sp³-hybridized carbons (Fsp3) is 0.455. The lowest BCUT2D eigenvalue weighted by Gasteiger charge is -2.25. The quantitative estimate of drug-likeness (QED) is 0.532. The van der Waals surface area contributed by atoms with Crippen LogP contribution in [0.2, 0.25) is 0 Å². The van der Waals surface area contributed by atoms with Gasteiger partial charge in [-0.05, 0) is 19.9 Å². The van der Waals surface area contributed by atoms with Crippen molar-refractivity contribution in [3.8, 4) is 0 Å². The molecule has 0 radical (unpaired) electrons. The largest absolute Gasteiger partial charge is 0.366 e. The lowest BCUT2D eigenvalue weighted by atomic mass is 10.0. The van der Waals surface area contributed by atoms with Gasteiger partial charge >= 0.3 is 0 Å². The SMILES string of the molecule is CCN(CCON)C1=CC(=O)C(C)=CC1=O. The minimum atomic E-state index is -0.143. The third-order valence-corrected chi connectivity index (χ3v) is 2.46. The van der Waals surface area contributed by atoms with Crippen LogP contribution in [0.25, 0.3) is 0 Å². The second kappa shape index (κ2) is 5.58. The maximum atomic E-state index is 11.7. The van der Waals surface area contributed by atoms with Gasteiger partial charge in [-0.2, -0.15) is 0 Å². The van der Waals surface area contributed by atoms with E-state index in [-0.39, 0.29) is 11.6 Å². The van der Waals surface area contributed by atoms with Crippen LogP contribution in [0.1, 0.15) is 13.8 Å². The van der Waals surface area contributed by atoms with Gasteiger partial charge in [-0.25, -0.2) is 5.90 Å². The summed E-state index contributed by atoms with van der Waals surface area (Å²) in [7, 11) is 0. The van der Waals surface area contributed by atoms with E-state index in [1.165, 1.54) is 12.2 Å². The topological polar surface area (TPSA) is 72.6 Å². The van der Waals surface area contributed by atoms with E-state index in [1.54, 1.807) is 11.8 Å². The Kier molecular flexibility index (Phi) is 4.39. The normalized spacial score (nSPS) is 15.9. The van der Waals surface area contributed by atoms with Gasteiger partial charge in [-0.3, -0.25) is 9.59 Å². The number of carbonyl (C=O) groups is 2. The van der Waals surface area contributed by atoms with Crippen molar-refractivity contribution >= 4 is 11.6 Å². The smallest absolute Gasteiger partial charge is 0.202 e. The van der Waals surface area contributed by atoms with Gasteiger partial charge in [-0.15, -0.1) is 0 Å². The summed E-state index contributed by atoms with van der Waals surface area (Å²) in [5, 5.41) is 0. The maximum Gasteiger partial charge on any atom is 0.202 e. The average Bonchev–Trinajstić information content (AvgIpc) is 2.26. The van der Waals surface area contributed by atoms with E-state index in [2.05, 4.69) is 4.84 Å². The highest BCUT2D eigenvalue weighted by atomic mass is 16.6. The van der Waals surface area contributed by atoms with Gasteiger partial charge in [0.05, 0.1) is 12.3 Å². The Bertz CT molecular complexity index is 358. The fourth-order valence-electron chi connectivity index (χ4n) is 1.51. The number of carbonyl (C=O) groups excluding carboxylic acids is 2. The second-order valence-corrected chi connectivity index (χ2v) is 3.54. The predicted octanol–water partition coefficient (Wildman–Crippen LogP) is 0.181. The summed E-state index contributed by atoms with van der Waals surface area (Å²) in [4.78, 5) is 29.4. The molecule has 0 aromatic rings. The number of allylic oxidation sites excluding steroid dienone is 3. The number of nitrogens with two attached hydrogens (primary N) is 1. The Morgan fingerprint density at radius 3 is 2.56 bits per heavy atom. The highest BCUT2D eigenvalue weighted by Gasteiger charge is 2.21. The summed E-state index contributed by atoms with van der Waals surface area (Å²) in [6.45, 7) is 4.97. The number of likely N-dealkylation sites (N-methyl/N-ethyl adjacent to an activating group) is 1. The first-order chi connectivity index (χ1) is 7.60. The van der Waals surface area contributed by atoms with E-state index in [1.807, 2.05) is 6.92 Å². The van der Waals surface area contributed by atoms with E-state index in [4.69, 9.17) is 5.90 Å². The Morgan fingerprint density at radius 2 is 2.00 bits per heavy atom. The minimum Gasteiger partial charge on any atom is -0.366 e. The molecule has 0 fully saturated rings. The molecule has 0 heterocycles. The molecule has 88 valence electrons. The lowest BCUT2D eigenvalue weighted by Crippen LogP contribution is -2.33. The van der Waals surface area contributed by atoms with Crippen LogP contribution in [0.4, 0.5) is 0 Å². The zero-order valence-electron chi connectivity index (χ0n) is 9.53. The molecule has 0 saturated heterocycles. The predicted molar refractivity (Wildman–Crippen MR) is 59.2 cm³/mol. The van der Waals surface area contributed by atoms with Crippen LogP contribution < -0.4 is 5.90 Å². The first-order valence-corrected chi connectivity index (χ1v) is 5.15. The van der Waals surface area contributed by atoms with Crippen molar-refractivity contribution < 1.29 is 14.4 Å². The molecule has 0 aliphatic heterocycles. The molecule has 0 spiro atoms. The van der Waals surface area contributed by atoms with Crippen molar-refractivity contribution in [2.45, 2.75) is 13.8 Å². The van der Waals surface area contributed by atoms with Gasteiger partial charge in [0.2, 0.25) is 5.78 Å². The van der Waals surface area contributed by atoms with Crippen molar-refractivity contribution in [1.82, 2.24) is 4.90 Å². The molecular weight excluding hydrogens is 208 g/mol. The van der Waals surface area contributed by atoms with Crippen LogP contribution >= 0.6 is 0 Å². The van der Waals surface area contributed by atoms with E-state index in [0.29, 0.717) is 31.0 Å². The number of rotatable bonds is 5. The Hall–Kier alpha value is -1.46. The van der Waals surface area contributed by atoms with Gasteiger partial charge in [0.15, 0.2) is 5.78 Å². The molecule has 0 bridgehead atoms. The molecule has 0 aromatic carbocycles. The van der Waals surface area contributed by atoms with Crippen molar-refractivity contribution in [1.29, 1.82) is 0 Å². The summed E-state index contributed by atoms with van der Waals surface area (Å²) < 4.78 is 0. The molecule has 1 aliphatic carbocycles. The number of nitrogens with zero attached hydrogens (tertiary/aromatic N) is 1. The van der Waals surface area contributed by atoms with E-state index in [0.717, 1.165) is 0 Å². The molecule has 5 heteroatoms. The molecule has 16 heavy (non-hydrogen) atoms. The third-order valence-electron chi connectivity index (χ3n) is 2.46. The van der Waals surface area contributed by atoms with Crippen LogP contribution in [0.5, 0.6) is 0 Å². The first-order valence-electron chi connectivity index (χ1n) is 5.15. The number of hydrogen-bond acceptors (Lipinski definition) is 5. The molecule has 0 aromatic heterocycles. The lowest BCUT2D eigenvalue weighted by molar-refractivity contribution is -0.116. The van der Waals surface area contributed by atoms with E-state index in [9.17, 15) is 9.59 Å². The molecule has 1 rings (SSSR count). The Balaban J connectivity index is 2.82. The Morgan fingerprint density at radius 1 is 1.31 bits per heavy atom. The molecule has 5 nitrogen and oxygen atoms in total. The van der Waals surface area contributed by atoms with Crippen LogP contribution in [0, 0.1) is 0 Å². The monoisotopic (exact) mass is 224 g/mol. The van der Waals surface area contributed by atoms with Gasteiger partial charge in [0.1, 0.15) is 0 Å². The van der Waals surface area contributed by atoms with Crippen LogP contribution in [-0.2, 0) is 14.4 Å². The molecule has 0 unspecified atom stereocenters. The van der Waals surface area contributed by atoms with Gasteiger partial charge in [0.25, 0.3) is 0 Å². The van der Waals surface area contributed by atoms with Crippen LogP contribution in [-0.4, -0.2) is 36.2 Å². The maximum absolute atomic E-state index is 11.7. The Labute approximate surface area is 94.5 Å². The molecular formula is C11H16N2O3. The summed E-state index contributed by atoms with van der Waals surface area (Å²) in [5.74, 6) is 4.67. The zero-order valence-corrected chi connectivity index (χ0v) is 9.53. The van der Waals surface area contributed by atoms with Gasteiger partial charge in [0, 0.05) is 24.7 Å². The van der Waals surface area contributed by atoms with E-state index < -0.39 is 0 Å². The summed E-state index contributed by atoms with van der Waals surface area (Å²) in [5.41, 5.74) is 0.884. The van der Waals surface area contributed by atoms with Crippen LogP contribution in [0.3, 0.4) is 0 Å². The summed E-state index contributed by atoms with van der Waals surface area (Å²) in [6, 6.07) is 0. The van der Waals surface area contributed by atoms with Crippen LogP contribution in [0.15, 0.2) is 23.4 Å². The van der Waals surface area contributed by atoms with Gasteiger partial charge < -0.3 is 9.74 Å². The van der Waals surface area contributed by atoms with Crippen molar-refractivity contribution in [2.75, 3.05) is 19.7 Å². The van der Waals surface area contributed by atoms with Gasteiger partial charge in [-0.1, -0.05) is 0 Å². The van der Waals surface area contributed by atoms with Crippen molar-refractivity contribution in [3.63, 3.8) is 0 Å². The molecule has 0 saturated carbocycles. The number of hydrogen-bond donors (Lipinski definition) is 1. The van der Waals surface area contributed by atoms with Crippen molar-refractivity contribution in [3.05, 3.63) is 23.4 Å². The molecule has 0 amide bonds. The minimum absolute atomic E-state index is 0.123. The summed E-state index contributed by atoms with van der Waals surface area (Å²) in [6.07, 6.45) is 2.74. The summed E-state index contributed by atoms with van der Waals surface area (Å²) >= 11 is 0. The van der Waals surface area contributed by atoms with Crippen molar-refractivity contribution in [2.24, 2.45) is 5.90 Å². The highest BCUT2D eigenvalue weighted by Crippen LogP contribution is 2.14. The molecule has 1 aliphatic rings. The zero-order chi connectivity index (χ0) is 12.1. The first kappa shape index (κ1) is 12.6. The number of ketones is 2. The fourth-order valence-corrected chi connectivity index (χ4v) is 1.51.